The fraction of sp³-hybridized carbons (Fsp3) is 0.640. The van der Waals surface area contributed by atoms with Crippen molar-refractivity contribution in [2.45, 2.75) is 77.3 Å². The van der Waals surface area contributed by atoms with Crippen LogP contribution in [0.5, 0.6) is 11.5 Å². The summed E-state index contributed by atoms with van der Waals surface area (Å²) in [7, 11) is 1.77. The lowest BCUT2D eigenvalue weighted by molar-refractivity contribution is -0.146. The van der Waals surface area contributed by atoms with Gasteiger partial charge in [0.1, 0.15) is 17.1 Å². The van der Waals surface area contributed by atoms with Crippen molar-refractivity contribution in [3.63, 3.8) is 0 Å². The minimum atomic E-state index is -1.33. The minimum absolute atomic E-state index is 0.00597. The lowest BCUT2D eigenvalue weighted by atomic mass is 10.0. The van der Waals surface area contributed by atoms with E-state index in [0.717, 1.165) is 12.5 Å². The summed E-state index contributed by atoms with van der Waals surface area (Å²) in [6.07, 6.45) is 5.37. The number of methoxy groups -OCH3 is 2. The zero-order valence-corrected chi connectivity index (χ0v) is 22.4. The van der Waals surface area contributed by atoms with E-state index in [1.165, 1.54) is 7.11 Å². The van der Waals surface area contributed by atoms with Crippen molar-refractivity contribution in [3.8, 4) is 11.5 Å². The molecule has 0 N–H and O–H groups in total. The number of hydrogen-bond acceptors (Lipinski definition) is 7. The monoisotopic (exact) mass is 480 g/mol. The molecule has 0 bridgehead atoms. The van der Waals surface area contributed by atoms with E-state index in [1.54, 1.807) is 19.2 Å². The highest BCUT2D eigenvalue weighted by molar-refractivity contribution is 6.76. The molecule has 8 heteroatoms. The molecule has 0 spiro atoms. The Hall–Kier alpha value is -1.87. The van der Waals surface area contributed by atoms with E-state index in [2.05, 4.69) is 26.6 Å². The Kier molecular flexibility index (Phi) is 9.96. The molecular formula is C25H40O7Si. The molecular weight excluding hydrogens is 440 g/mol. The summed E-state index contributed by atoms with van der Waals surface area (Å²) in [6.45, 7) is 13.1. The van der Waals surface area contributed by atoms with Gasteiger partial charge in [0.05, 0.1) is 25.9 Å². The Morgan fingerprint density at radius 2 is 1.85 bits per heavy atom. The maximum absolute atomic E-state index is 13.1. The topological polar surface area (TPSA) is 72.5 Å². The average molecular weight is 481 g/mol. The van der Waals surface area contributed by atoms with Crippen LogP contribution in [0, 0.1) is 0 Å². The lowest BCUT2D eigenvalue weighted by Gasteiger charge is -2.18. The third kappa shape index (κ3) is 8.44. The summed E-state index contributed by atoms with van der Waals surface area (Å²) in [5, 5.41) is 0. The van der Waals surface area contributed by atoms with Crippen LogP contribution in [-0.2, 0) is 18.9 Å². The van der Waals surface area contributed by atoms with Crippen LogP contribution in [0.15, 0.2) is 18.2 Å². The summed E-state index contributed by atoms with van der Waals surface area (Å²) in [5.41, 5.74) is 1.01. The van der Waals surface area contributed by atoms with Gasteiger partial charge in [-0.2, -0.15) is 0 Å². The third-order valence-corrected chi connectivity index (χ3v) is 7.02. The van der Waals surface area contributed by atoms with Crippen molar-refractivity contribution in [1.82, 2.24) is 0 Å². The number of ether oxygens (including phenoxy) is 6. The van der Waals surface area contributed by atoms with Crippen LogP contribution in [-0.4, -0.2) is 59.7 Å². The highest BCUT2D eigenvalue weighted by Crippen LogP contribution is 2.33. The Morgan fingerprint density at radius 1 is 1.15 bits per heavy atom. The summed E-state index contributed by atoms with van der Waals surface area (Å²) in [4.78, 5) is 13.1. The van der Waals surface area contributed by atoms with E-state index >= 15 is 0 Å². The molecule has 1 aliphatic heterocycles. The average Bonchev–Trinajstić information content (AvgIpc) is 3.04. The van der Waals surface area contributed by atoms with E-state index in [4.69, 9.17) is 28.4 Å². The second kappa shape index (κ2) is 12.0. The van der Waals surface area contributed by atoms with Crippen molar-refractivity contribution in [2.24, 2.45) is 0 Å². The second-order valence-electron chi connectivity index (χ2n) is 9.85. The molecule has 1 aliphatic rings. The zero-order valence-electron chi connectivity index (χ0n) is 21.4. The van der Waals surface area contributed by atoms with E-state index in [9.17, 15) is 4.79 Å². The first-order chi connectivity index (χ1) is 15.5. The van der Waals surface area contributed by atoms with Crippen molar-refractivity contribution < 1.29 is 33.2 Å². The van der Waals surface area contributed by atoms with E-state index < -0.39 is 19.8 Å². The van der Waals surface area contributed by atoms with Gasteiger partial charge in [0.15, 0.2) is 12.6 Å². The maximum atomic E-state index is 13.1. The van der Waals surface area contributed by atoms with Gasteiger partial charge in [-0.05, 0) is 44.4 Å². The summed E-state index contributed by atoms with van der Waals surface area (Å²) in [6, 6.07) is 4.37. The van der Waals surface area contributed by atoms with Gasteiger partial charge in [-0.3, -0.25) is 0 Å². The summed E-state index contributed by atoms with van der Waals surface area (Å²) < 4.78 is 33.8. The molecule has 1 saturated heterocycles. The van der Waals surface area contributed by atoms with Gasteiger partial charge in [-0.1, -0.05) is 38.7 Å². The molecule has 2 rings (SSSR count). The normalized spacial score (nSPS) is 20.2. The molecule has 7 nitrogen and oxygen atoms in total. The van der Waals surface area contributed by atoms with Crippen LogP contribution in [0.25, 0.3) is 6.08 Å². The molecule has 2 atom stereocenters. The molecule has 0 unspecified atom stereocenters. The second-order valence-corrected chi connectivity index (χ2v) is 15.5. The maximum Gasteiger partial charge on any atom is 0.342 e. The van der Waals surface area contributed by atoms with Crippen molar-refractivity contribution in [2.75, 3.05) is 27.6 Å². The van der Waals surface area contributed by atoms with E-state index in [-0.39, 0.29) is 19.0 Å². The van der Waals surface area contributed by atoms with Crippen LogP contribution < -0.4 is 9.47 Å². The number of benzene rings is 1. The van der Waals surface area contributed by atoms with Crippen molar-refractivity contribution in [1.29, 1.82) is 0 Å². The molecule has 0 saturated carbocycles. The van der Waals surface area contributed by atoms with Crippen LogP contribution in [0.3, 0.4) is 0 Å². The lowest BCUT2D eigenvalue weighted by Crippen LogP contribution is -2.23. The number of carbonyl (C=O) groups is 1. The van der Waals surface area contributed by atoms with Crippen molar-refractivity contribution in [3.05, 3.63) is 29.3 Å². The third-order valence-electron chi connectivity index (χ3n) is 5.32. The molecule has 186 valence electrons. The number of rotatable bonds is 12. The Morgan fingerprint density at radius 3 is 2.45 bits per heavy atom. The molecule has 0 amide bonds. The zero-order chi connectivity index (χ0) is 24.6. The van der Waals surface area contributed by atoms with Gasteiger partial charge in [0.2, 0.25) is 0 Å². The molecule has 1 heterocycles. The van der Waals surface area contributed by atoms with Gasteiger partial charge in [-0.15, -0.1) is 0 Å². The molecule has 0 aliphatic carbocycles. The molecule has 1 aromatic rings. The first-order valence-corrected chi connectivity index (χ1v) is 15.2. The van der Waals surface area contributed by atoms with Crippen LogP contribution in [0.1, 0.15) is 49.5 Å². The van der Waals surface area contributed by atoms with Gasteiger partial charge in [-0.25, -0.2) is 4.79 Å². The predicted molar refractivity (Wildman–Crippen MR) is 132 cm³/mol. The number of carbonyl (C=O) groups excluding carboxylic acids is 1. The van der Waals surface area contributed by atoms with Crippen molar-refractivity contribution >= 4 is 20.1 Å². The Balaban J connectivity index is 2.30. The smallest absolute Gasteiger partial charge is 0.342 e. The standard InChI is InChI=1S/C25H40O7Si/c1-9-20-21(32-25(2,3)31-20)12-10-11-18-15-19(28-5)16-22(30-17-27-4)23(18)24(26)29-13-14-33(6,7)8/h10-11,15-16,20-21H,9,12-14,17H2,1-8H3/b11-10+/t20-,21+/m1/s1. The molecule has 33 heavy (non-hydrogen) atoms. The van der Waals surface area contributed by atoms with Gasteiger partial charge < -0.3 is 28.4 Å². The SMILES string of the molecule is CC[C@H]1OC(C)(C)O[C@H]1C/C=C/c1cc(OC)cc(OCOC)c1C(=O)OCC[Si](C)(C)C. The largest absolute Gasteiger partial charge is 0.497 e. The quantitative estimate of drug-likeness (QED) is 0.222. The van der Waals surface area contributed by atoms with Crippen LogP contribution >= 0.6 is 0 Å². The first kappa shape index (κ1) is 27.4. The first-order valence-electron chi connectivity index (χ1n) is 11.5. The van der Waals surface area contributed by atoms with Crippen LogP contribution in [0.2, 0.25) is 25.7 Å². The number of hydrogen-bond donors (Lipinski definition) is 0. The van der Waals surface area contributed by atoms with Crippen LogP contribution in [0.4, 0.5) is 0 Å². The van der Waals surface area contributed by atoms with Gasteiger partial charge >= 0.3 is 5.97 Å². The summed E-state index contributed by atoms with van der Waals surface area (Å²) >= 11 is 0. The van der Waals surface area contributed by atoms with Gasteiger partial charge in [0.25, 0.3) is 0 Å². The number of esters is 1. The fourth-order valence-electron chi connectivity index (χ4n) is 3.62. The predicted octanol–water partition coefficient (Wildman–Crippen LogP) is 5.51. The molecule has 0 aromatic heterocycles. The fourth-order valence-corrected chi connectivity index (χ4v) is 4.34. The summed E-state index contributed by atoms with van der Waals surface area (Å²) in [5.74, 6) is -0.0780. The molecule has 0 radical (unpaired) electrons. The highest BCUT2D eigenvalue weighted by Gasteiger charge is 2.39. The molecule has 1 fully saturated rings. The Bertz CT molecular complexity index is 814. The minimum Gasteiger partial charge on any atom is -0.497 e. The van der Waals surface area contributed by atoms with E-state index in [0.29, 0.717) is 35.7 Å². The van der Waals surface area contributed by atoms with Gasteiger partial charge in [0, 0.05) is 21.3 Å². The molecule has 1 aromatic carbocycles. The van der Waals surface area contributed by atoms with E-state index in [1.807, 2.05) is 26.0 Å². The highest BCUT2D eigenvalue weighted by atomic mass is 28.3. The Labute approximate surface area is 199 Å².